The molecule has 4 fully saturated rings. The molecule has 0 aliphatic heterocycles. The van der Waals surface area contributed by atoms with Crippen molar-refractivity contribution in [1.82, 2.24) is 26.6 Å². The average molecular weight is 1000 g/mol. The molecule has 0 aromatic rings. The summed E-state index contributed by atoms with van der Waals surface area (Å²) in [5.74, 6) is -4.47. The molecule has 17 nitrogen and oxygen atoms in total. The first kappa shape index (κ1) is 58.3. The fraction of sp³-hybridized carbons (Fsp3) is 0.852. The molecule has 5 aliphatic rings. The first-order valence-corrected chi connectivity index (χ1v) is 26.9. The van der Waals surface area contributed by atoms with E-state index in [4.69, 9.17) is 5.73 Å². The molecule has 0 aromatic heterocycles. The quantitative estimate of drug-likeness (QED) is 0.0540. The third-order valence-electron chi connectivity index (χ3n) is 19.3. The highest BCUT2D eigenvalue weighted by Gasteiger charge is 2.69. The molecule has 0 spiro atoms. The molecule has 404 valence electrons. The number of nitrogens with one attached hydrogen (secondary N) is 5. The zero-order valence-corrected chi connectivity index (χ0v) is 44.6. The zero-order chi connectivity index (χ0) is 53.1. The Balaban J connectivity index is 1.38. The van der Waals surface area contributed by atoms with Gasteiger partial charge in [0.25, 0.3) is 0 Å². The molecule has 17 heteroatoms. The number of carboxylic acids is 1. The second-order valence-electron chi connectivity index (χ2n) is 24.7. The molecule has 3 unspecified atom stereocenters. The van der Waals surface area contributed by atoms with Crippen LogP contribution in [0.15, 0.2) is 11.6 Å². The Bertz CT molecular complexity index is 1980. The van der Waals surface area contributed by atoms with Gasteiger partial charge in [-0.1, -0.05) is 86.3 Å². The highest BCUT2D eigenvalue weighted by Crippen LogP contribution is 2.75. The Morgan fingerprint density at radius 2 is 1.24 bits per heavy atom. The average Bonchev–Trinajstić information content (AvgIpc) is 3.29. The van der Waals surface area contributed by atoms with E-state index in [2.05, 4.69) is 81.1 Å². The molecule has 0 saturated heterocycles. The van der Waals surface area contributed by atoms with Gasteiger partial charge < -0.3 is 57.9 Å². The van der Waals surface area contributed by atoms with Crippen molar-refractivity contribution < 1.29 is 54.3 Å². The van der Waals surface area contributed by atoms with E-state index in [9.17, 15) is 49.5 Å². The standard InChI is InChI=1S/C54H92N6O11/c1-11-12-13-16-35(43(65)57-37(30-61)47(69)70)56-45(67)41(31(2)62)60-46(68)42(32(3)63)59-44(66)36(17-14-15-28-55)58-48(71)54-26-24-49(4,5)29-34(54)33-18-19-39-51(8)22-21-40(64)50(6,7)38(51)20-23-53(39,10)52(33,9)25-27-54/h18,31-32,34-42,61-64H,11-17,19-30,55H2,1-10H3,(H,56,67)(H,57,65)(H,58,71)(H,59,66)(H,60,68)(H,69,70)/t31-,32-,34?,35+,36+,37+,38?,39?,40+,41+,42+,51+,52-,53-,54+/m1/s1. The predicted molar refractivity (Wildman–Crippen MR) is 270 cm³/mol. The van der Waals surface area contributed by atoms with Gasteiger partial charge in [0.1, 0.15) is 30.2 Å². The first-order valence-electron chi connectivity index (χ1n) is 26.9. The predicted octanol–water partition coefficient (Wildman–Crippen LogP) is 4.12. The van der Waals surface area contributed by atoms with Gasteiger partial charge in [0.2, 0.25) is 29.5 Å². The Hall–Kier alpha value is -3.64. The number of allylic oxidation sites excluding steroid dienone is 2. The van der Waals surface area contributed by atoms with Crippen LogP contribution in [0.3, 0.4) is 0 Å². The van der Waals surface area contributed by atoms with Crippen LogP contribution in [0.1, 0.15) is 178 Å². The van der Waals surface area contributed by atoms with E-state index < -0.39 is 84.0 Å². The lowest BCUT2D eigenvalue weighted by molar-refractivity contribution is -0.203. The van der Waals surface area contributed by atoms with Gasteiger partial charge in [-0.05, 0) is 155 Å². The van der Waals surface area contributed by atoms with E-state index in [0.29, 0.717) is 56.9 Å². The molecule has 0 bridgehead atoms. The number of nitrogens with two attached hydrogens (primary N) is 1. The van der Waals surface area contributed by atoms with E-state index in [0.717, 1.165) is 57.8 Å². The van der Waals surface area contributed by atoms with Gasteiger partial charge in [0.15, 0.2) is 0 Å². The molecule has 5 amide bonds. The van der Waals surface area contributed by atoms with Gasteiger partial charge in [0.05, 0.1) is 30.3 Å². The zero-order valence-electron chi connectivity index (χ0n) is 44.6. The lowest BCUT2D eigenvalue weighted by atomic mass is 9.33. The van der Waals surface area contributed by atoms with Crippen LogP contribution < -0.4 is 32.3 Å². The maximum atomic E-state index is 15.3. The fourth-order valence-electron chi connectivity index (χ4n) is 14.6. The Labute approximate surface area is 422 Å². The molecule has 15 atom stereocenters. The minimum absolute atomic E-state index is 0.0173. The lowest BCUT2D eigenvalue weighted by Gasteiger charge is -2.71. The summed E-state index contributed by atoms with van der Waals surface area (Å²) in [5.41, 5.74) is 6.16. The van der Waals surface area contributed by atoms with Crippen molar-refractivity contribution in [3.63, 3.8) is 0 Å². The van der Waals surface area contributed by atoms with Crippen molar-refractivity contribution >= 4 is 35.5 Å². The van der Waals surface area contributed by atoms with Crippen molar-refractivity contribution in [3.8, 4) is 0 Å². The number of aliphatic carboxylic acids is 1. The number of hydrogen-bond donors (Lipinski definition) is 11. The number of aliphatic hydroxyl groups is 4. The summed E-state index contributed by atoms with van der Waals surface area (Å²) in [6.45, 7) is 20.5. The monoisotopic (exact) mass is 1000 g/mol. The second kappa shape index (κ2) is 22.9. The molecule has 4 saturated carbocycles. The molecule has 5 aliphatic carbocycles. The van der Waals surface area contributed by atoms with Crippen LogP contribution in [0.2, 0.25) is 0 Å². The van der Waals surface area contributed by atoms with E-state index in [1.54, 1.807) is 0 Å². The highest BCUT2D eigenvalue weighted by atomic mass is 16.4. The van der Waals surface area contributed by atoms with Crippen molar-refractivity contribution in [2.24, 2.45) is 56.0 Å². The van der Waals surface area contributed by atoms with Crippen LogP contribution in [0.25, 0.3) is 0 Å². The lowest BCUT2D eigenvalue weighted by Crippen LogP contribution is -2.66. The van der Waals surface area contributed by atoms with Crippen molar-refractivity contribution in [1.29, 1.82) is 0 Å². The summed E-state index contributed by atoms with van der Waals surface area (Å²) in [5, 5.41) is 64.7. The van der Waals surface area contributed by atoms with Crippen LogP contribution in [0.5, 0.6) is 0 Å². The number of unbranched alkanes of at least 4 members (excludes halogenated alkanes) is 3. The molecule has 0 radical (unpaired) electrons. The van der Waals surface area contributed by atoms with Gasteiger partial charge in [-0.3, -0.25) is 24.0 Å². The van der Waals surface area contributed by atoms with E-state index in [1.165, 1.54) is 19.4 Å². The van der Waals surface area contributed by atoms with Crippen molar-refractivity contribution in [3.05, 3.63) is 11.6 Å². The molecule has 12 N–H and O–H groups in total. The number of carbonyl (C=O) groups excluding carboxylic acids is 5. The summed E-state index contributed by atoms with van der Waals surface area (Å²) < 4.78 is 0. The van der Waals surface area contributed by atoms with E-state index in [-0.39, 0.29) is 57.8 Å². The largest absolute Gasteiger partial charge is 0.480 e. The van der Waals surface area contributed by atoms with E-state index in [1.807, 2.05) is 6.92 Å². The van der Waals surface area contributed by atoms with Gasteiger partial charge in [-0.25, -0.2) is 4.79 Å². The van der Waals surface area contributed by atoms with Crippen LogP contribution in [-0.4, -0.2) is 123 Å². The Morgan fingerprint density at radius 1 is 0.690 bits per heavy atom. The number of amides is 5. The van der Waals surface area contributed by atoms with Crippen LogP contribution >= 0.6 is 0 Å². The Morgan fingerprint density at radius 3 is 1.82 bits per heavy atom. The maximum absolute atomic E-state index is 15.3. The summed E-state index contributed by atoms with van der Waals surface area (Å²) in [4.78, 5) is 82.2. The third-order valence-corrected chi connectivity index (χ3v) is 19.3. The number of carboxylic acid groups (broad SMARTS) is 1. The number of rotatable bonds is 22. The number of carbonyl (C=O) groups is 6. The summed E-state index contributed by atoms with van der Waals surface area (Å²) >= 11 is 0. The second-order valence-corrected chi connectivity index (χ2v) is 24.7. The summed E-state index contributed by atoms with van der Waals surface area (Å²) in [6.07, 6.45) is 11.1. The summed E-state index contributed by atoms with van der Waals surface area (Å²) in [7, 11) is 0. The molecule has 0 heterocycles. The topological polar surface area (TPSA) is 290 Å². The normalized spacial score (nSPS) is 33.5. The third kappa shape index (κ3) is 11.7. The van der Waals surface area contributed by atoms with Crippen molar-refractivity contribution in [2.45, 2.75) is 227 Å². The van der Waals surface area contributed by atoms with Gasteiger partial charge in [-0.2, -0.15) is 0 Å². The van der Waals surface area contributed by atoms with Gasteiger partial charge >= 0.3 is 5.97 Å². The fourth-order valence-corrected chi connectivity index (χ4v) is 14.6. The maximum Gasteiger partial charge on any atom is 0.328 e. The Kier molecular flexibility index (Phi) is 18.8. The van der Waals surface area contributed by atoms with Gasteiger partial charge in [-0.15, -0.1) is 0 Å². The van der Waals surface area contributed by atoms with E-state index >= 15 is 4.79 Å². The molecule has 71 heavy (non-hydrogen) atoms. The van der Waals surface area contributed by atoms with Crippen LogP contribution in [0.4, 0.5) is 0 Å². The molecular weight excluding hydrogens is 909 g/mol. The number of fused-ring (bicyclic) bond motifs is 7. The highest BCUT2D eigenvalue weighted by molar-refractivity contribution is 5.97. The summed E-state index contributed by atoms with van der Waals surface area (Å²) in [6, 6.07) is -7.32. The smallest absolute Gasteiger partial charge is 0.328 e. The SMILES string of the molecule is CCCCC[C@H](NC(=O)[C@@H](NC(=O)[C@@H](NC(=O)[C@H](CCCCN)NC(=O)[C@]12CCC(C)(C)CC1C1=CCC3[C@@]4(C)CC[C@H](O)C(C)(C)C4CC[C@@]3(C)[C@]1(C)CC2)[C@@H](C)O)[C@@H](C)O)C(=O)N[C@@H](CO)C(=O)O. The number of hydrogen-bond acceptors (Lipinski definition) is 11. The molecule has 5 rings (SSSR count). The van der Waals surface area contributed by atoms with Gasteiger partial charge in [0, 0.05) is 0 Å². The van der Waals surface area contributed by atoms with Crippen molar-refractivity contribution in [2.75, 3.05) is 13.2 Å². The molecular formula is C54H92N6O11. The minimum atomic E-state index is -1.68. The van der Waals surface area contributed by atoms with Crippen LogP contribution in [-0.2, 0) is 28.8 Å². The van der Waals surface area contributed by atoms with Crippen LogP contribution in [0, 0.1) is 50.2 Å². The number of aliphatic hydroxyl groups excluding tert-OH is 4. The first-order chi connectivity index (χ1) is 33.1. The molecule has 0 aromatic carbocycles. The minimum Gasteiger partial charge on any atom is -0.480 e.